The molecule has 1 amide bonds. The topological polar surface area (TPSA) is 77.1 Å². The van der Waals surface area contributed by atoms with Crippen LogP contribution in [0.5, 0.6) is 11.5 Å². The van der Waals surface area contributed by atoms with E-state index in [1.165, 1.54) is 11.3 Å². The van der Waals surface area contributed by atoms with Gasteiger partial charge in [-0.25, -0.2) is 4.79 Å². The molecule has 2 aromatic rings. The van der Waals surface area contributed by atoms with Crippen molar-refractivity contribution >= 4 is 28.2 Å². The fourth-order valence-electron chi connectivity index (χ4n) is 3.59. The van der Waals surface area contributed by atoms with E-state index in [9.17, 15) is 9.59 Å². The fourth-order valence-corrected chi connectivity index (χ4v) is 4.38. The molecule has 0 saturated carbocycles. The number of carbonyl (C=O) groups excluding carboxylic acids is 2. The van der Waals surface area contributed by atoms with E-state index in [0.29, 0.717) is 17.2 Å². The lowest BCUT2D eigenvalue weighted by Crippen LogP contribution is -2.33. The number of likely N-dealkylation sites (tertiary alicyclic amines) is 1. The monoisotopic (exact) mass is 418 g/mol. The molecule has 8 heteroatoms. The highest BCUT2D eigenvalue weighted by Crippen LogP contribution is 2.38. The number of nitrogens with zero attached hydrogens (tertiary/aromatic N) is 1. The van der Waals surface area contributed by atoms with E-state index in [1.54, 1.807) is 32.6 Å². The van der Waals surface area contributed by atoms with Crippen LogP contribution in [0, 0.1) is 0 Å². The molecule has 3 rings (SSSR count). The molecule has 0 radical (unpaired) electrons. The second-order valence-corrected chi connectivity index (χ2v) is 7.58. The number of nitrogens with one attached hydrogen (secondary N) is 1. The minimum absolute atomic E-state index is 0.0682. The van der Waals surface area contributed by atoms with E-state index in [0.717, 1.165) is 36.4 Å². The SMILES string of the molecule is CCOC(=O)c1ccsc1NC(=O)CN1CCCC1c1cc(OC)ccc1OC. The van der Waals surface area contributed by atoms with Crippen LogP contribution in [0.25, 0.3) is 0 Å². The minimum atomic E-state index is -0.427. The average Bonchev–Trinajstić information content (AvgIpc) is 3.37. The van der Waals surface area contributed by atoms with Gasteiger partial charge in [-0.3, -0.25) is 9.69 Å². The van der Waals surface area contributed by atoms with Gasteiger partial charge in [0.2, 0.25) is 5.91 Å². The molecule has 1 aromatic heterocycles. The van der Waals surface area contributed by atoms with Crippen LogP contribution in [-0.4, -0.2) is 50.7 Å². The third kappa shape index (κ3) is 4.89. The first-order valence-electron chi connectivity index (χ1n) is 9.57. The van der Waals surface area contributed by atoms with Crippen LogP contribution < -0.4 is 14.8 Å². The van der Waals surface area contributed by atoms with E-state index >= 15 is 0 Å². The molecule has 1 N–H and O–H groups in total. The van der Waals surface area contributed by atoms with Crippen molar-refractivity contribution in [1.29, 1.82) is 0 Å². The molecule has 1 aliphatic rings. The molecule has 0 aliphatic carbocycles. The predicted molar refractivity (Wildman–Crippen MR) is 112 cm³/mol. The molecule has 1 aliphatic heterocycles. The lowest BCUT2D eigenvalue weighted by molar-refractivity contribution is -0.117. The van der Waals surface area contributed by atoms with Crippen molar-refractivity contribution in [2.75, 3.05) is 39.2 Å². The zero-order valence-electron chi connectivity index (χ0n) is 16.9. The summed E-state index contributed by atoms with van der Waals surface area (Å²) in [6.45, 7) is 3.08. The quantitative estimate of drug-likeness (QED) is 0.659. The molecule has 1 atom stereocenters. The van der Waals surface area contributed by atoms with Gasteiger partial charge in [0.15, 0.2) is 0 Å². The molecule has 1 aromatic carbocycles. The number of hydrogen-bond acceptors (Lipinski definition) is 7. The number of hydrogen-bond donors (Lipinski definition) is 1. The number of thiophene rings is 1. The van der Waals surface area contributed by atoms with Crippen molar-refractivity contribution < 1.29 is 23.8 Å². The lowest BCUT2D eigenvalue weighted by atomic mass is 10.0. The summed E-state index contributed by atoms with van der Waals surface area (Å²) in [6.07, 6.45) is 1.93. The normalized spacial score (nSPS) is 16.4. The van der Waals surface area contributed by atoms with E-state index in [4.69, 9.17) is 14.2 Å². The number of carbonyl (C=O) groups is 2. The van der Waals surface area contributed by atoms with Gasteiger partial charge in [0.1, 0.15) is 16.5 Å². The summed E-state index contributed by atoms with van der Waals surface area (Å²) in [7, 11) is 3.28. The van der Waals surface area contributed by atoms with Gasteiger partial charge >= 0.3 is 5.97 Å². The molecule has 2 heterocycles. The van der Waals surface area contributed by atoms with Gasteiger partial charge in [-0.05, 0) is 56.0 Å². The molecule has 0 spiro atoms. The Morgan fingerprint density at radius 2 is 2.07 bits per heavy atom. The van der Waals surface area contributed by atoms with E-state index < -0.39 is 5.97 Å². The second-order valence-electron chi connectivity index (χ2n) is 6.67. The van der Waals surface area contributed by atoms with Gasteiger partial charge in [-0.15, -0.1) is 11.3 Å². The standard InChI is InChI=1S/C21H26N2O5S/c1-4-28-21(25)15-9-11-29-20(15)22-19(24)13-23-10-5-6-17(23)16-12-14(26-2)7-8-18(16)27-3/h7-9,11-12,17H,4-6,10,13H2,1-3H3,(H,22,24). The van der Waals surface area contributed by atoms with Crippen molar-refractivity contribution in [2.24, 2.45) is 0 Å². The Kier molecular flexibility index (Phi) is 7.11. The van der Waals surface area contributed by atoms with Crippen LogP contribution >= 0.6 is 11.3 Å². The van der Waals surface area contributed by atoms with Gasteiger partial charge in [0, 0.05) is 11.6 Å². The number of rotatable bonds is 8. The van der Waals surface area contributed by atoms with E-state index in [2.05, 4.69) is 10.2 Å². The third-order valence-electron chi connectivity index (χ3n) is 4.92. The molecule has 7 nitrogen and oxygen atoms in total. The Morgan fingerprint density at radius 3 is 2.79 bits per heavy atom. The maximum absolute atomic E-state index is 12.7. The van der Waals surface area contributed by atoms with Gasteiger partial charge in [-0.2, -0.15) is 0 Å². The summed E-state index contributed by atoms with van der Waals surface area (Å²) in [6, 6.07) is 7.46. The molecule has 1 saturated heterocycles. The summed E-state index contributed by atoms with van der Waals surface area (Å²) in [5.41, 5.74) is 1.40. The first kappa shape index (κ1) is 21.1. The molecule has 156 valence electrons. The van der Waals surface area contributed by atoms with Crippen molar-refractivity contribution in [3.63, 3.8) is 0 Å². The zero-order valence-corrected chi connectivity index (χ0v) is 17.7. The smallest absolute Gasteiger partial charge is 0.341 e. The Hall–Kier alpha value is -2.58. The average molecular weight is 419 g/mol. The van der Waals surface area contributed by atoms with Crippen LogP contribution in [0.15, 0.2) is 29.6 Å². The van der Waals surface area contributed by atoms with Crippen LogP contribution in [0.2, 0.25) is 0 Å². The first-order valence-corrected chi connectivity index (χ1v) is 10.5. The number of methoxy groups -OCH3 is 2. The summed E-state index contributed by atoms with van der Waals surface area (Å²) < 4.78 is 15.9. The van der Waals surface area contributed by atoms with E-state index in [-0.39, 0.29) is 18.5 Å². The fraction of sp³-hybridized carbons (Fsp3) is 0.429. The maximum Gasteiger partial charge on any atom is 0.341 e. The number of esters is 1. The van der Waals surface area contributed by atoms with E-state index in [1.807, 2.05) is 18.2 Å². The van der Waals surface area contributed by atoms with Crippen molar-refractivity contribution in [3.05, 3.63) is 40.8 Å². The highest BCUT2D eigenvalue weighted by Gasteiger charge is 2.30. The van der Waals surface area contributed by atoms with Crippen molar-refractivity contribution in [2.45, 2.75) is 25.8 Å². The van der Waals surface area contributed by atoms with Gasteiger partial charge in [0.05, 0.1) is 32.9 Å². The van der Waals surface area contributed by atoms with Crippen LogP contribution in [0.4, 0.5) is 5.00 Å². The highest BCUT2D eigenvalue weighted by atomic mass is 32.1. The first-order chi connectivity index (χ1) is 14.1. The minimum Gasteiger partial charge on any atom is -0.497 e. The van der Waals surface area contributed by atoms with Gasteiger partial charge in [0.25, 0.3) is 0 Å². The summed E-state index contributed by atoms with van der Waals surface area (Å²) in [5.74, 6) is 0.955. The third-order valence-corrected chi connectivity index (χ3v) is 5.75. The van der Waals surface area contributed by atoms with Crippen LogP contribution in [0.3, 0.4) is 0 Å². The second kappa shape index (κ2) is 9.76. The lowest BCUT2D eigenvalue weighted by Gasteiger charge is -2.26. The summed E-state index contributed by atoms with van der Waals surface area (Å²) in [5, 5.41) is 5.14. The predicted octanol–water partition coefficient (Wildman–Crippen LogP) is 3.72. The molecule has 29 heavy (non-hydrogen) atoms. The zero-order chi connectivity index (χ0) is 20.8. The Morgan fingerprint density at radius 1 is 1.24 bits per heavy atom. The summed E-state index contributed by atoms with van der Waals surface area (Å²) in [4.78, 5) is 26.8. The van der Waals surface area contributed by atoms with Crippen LogP contribution in [0.1, 0.15) is 41.7 Å². The largest absolute Gasteiger partial charge is 0.497 e. The number of amides is 1. The van der Waals surface area contributed by atoms with Crippen LogP contribution in [-0.2, 0) is 9.53 Å². The van der Waals surface area contributed by atoms with Crippen molar-refractivity contribution in [1.82, 2.24) is 4.90 Å². The Balaban J connectivity index is 1.71. The Bertz CT molecular complexity index is 867. The molecular weight excluding hydrogens is 392 g/mol. The molecule has 1 unspecified atom stereocenters. The highest BCUT2D eigenvalue weighted by molar-refractivity contribution is 7.14. The van der Waals surface area contributed by atoms with Crippen molar-refractivity contribution in [3.8, 4) is 11.5 Å². The summed E-state index contributed by atoms with van der Waals surface area (Å²) >= 11 is 1.31. The maximum atomic E-state index is 12.7. The molecular formula is C21H26N2O5S. The van der Waals surface area contributed by atoms with Gasteiger partial charge < -0.3 is 19.5 Å². The molecule has 0 bridgehead atoms. The molecule has 1 fully saturated rings. The number of benzene rings is 1. The van der Waals surface area contributed by atoms with Gasteiger partial charge in [-0.1, -0.05) is 0 Å². The number of anilines is 1. The number of ether oxygens (including phenoxy) is 3. The Labute approximate surface area is 174 Å².